The van der Waals surface area contributed by atoms with E-state index >= 15 is 0 Å². The first kappa shape index (κ1) is 14.4. The van der Waals surface area contributed by atoms with Gasteiger partial charge in [0.15, 0.2) is 0 Å². The number of amides is 1. The molecule has 2 saturated heterocycles. The molecule has 0 radical (unpaired) electrons. The molecule has 1 amide bonds. The van der Waals surface area contributed by atoms with Crippen LogP contribution in [0.3, 0.4) is 0 Å². The Morgan fingerprint density at radius 2 is 1.95 bits per heavy atom. The SMILES string of the molecule is C[C@@H]1CN(Cc2ccccc2)C[C@@H]2CN(C(=O)O)CCN21. The molecule has 5 heteroatoms. The molecule has 0 saturated carbocycles. The highest BCUT2D eigenvalue weighted by Gasteiger charge is 2.37. The van der Waals surface area contributed by atoms with Gasteiger partial charge in [0, 0.05) is 51.4 Å². The van der Waals surface area contributed by atoms with Crippen LogP contribution in [0.25, 0.3) is 0 Å². The van der Waals surface area contributed by atoms with E-state index < -0.39 is 6.09 Å². The van der Waals surface area contributed by atoms with Crippen molar-refractivity contribution in [2.45, 2.75) is 25.6 Å². The van der Waals surface area contributed by atoms with Crippen LogP contribution >= 0.6 is 0 Å². The molecule has 0 aromatic heterocycles. The third-order valence-corrected chi connectivity index (χ3v) is 4.61. The topological polar surface area (TPSA) is 47.0 Å². The van der Waals surface area contributed by atoms with Gasteiger partial charge in [-0.3, -0.25) is 9.80 Å². The monoisotopic (exact) mass is 289 g/mol. The fourth-order valence-corrected chi connectivity index (χ4v) is 3.61. The minimum Gasteiger partial charge on any atom is -0.465 e. The Morgan fingerprint density at radius 3 is 2.67 bits per heavy atom. The number of fused-ring (bicyclic) bond motifs is 1. The zero-order valence-corrected chi connectivity index (χ0v) is 12.5. The second kappa shape index (κ2) is 6.03. The number of rotatable bonds is 2. The molecule has 21 heavy (non-hydrogen) atoms. The second-order valence-electron chi connectivity index (χ2n) is 6.15. The predicted molar refractivity (Wildman–Crippen MR) is 81.3 cm³/mol. The highest BCUT2D eigenvalue weighted by molar-refractivity contribution is 5.65. The third-order valence-electron chi connectivity index (χ3n) is 4.61. The van der Waals surface area contributed by atoms with Gasteiger partial charge in [-0.05, 0) is 12.5 Å². The molecule has 1 N–H and O–H groups in total. The molecule has 2 heterocycles. The van der Waals surface area contributed by atoms with E-state index in [0.717, 1.165) is 26.2 Å². The molecule has 3 rings (SSSR count). The Kier molecular flexibility index (Phi) is 4.12. The normalized spacial score (nSPS) is 27.4. The van der Waals surface area contributed by atoms with Crippen LogP contribution in [0.5, 0.6) is 0 Å². The summed E-state index contributed by atoms with van der Waals surface area (Å²) in [5.41, 5.74) is 1.32. The van der Waals surface area contributed by atoms with E-state index in [4.69, 9.17) is 0 Å². The van der Waals surface area contributed by atoms with Crippen LogP contribution < -0.4 is 0 Å². The smallest absolute Gasteiger partial charge is 0.407 e. The number of carbonyl (C=O) groups is 1. The molecule has 0 bridgehead atoms. The Hall–Kier alpha value is -1.59. The average Bonchev–Trinajstić information content (AvgIpc) is 2.47. The number of piperazine rings is 2. The lowest BCUT2D eigenvalue weighted by Crippen LogP contribution is -2.65. The molecule has 1 aromatic rings. The lowest BCUT2D eigenvalue weighted by atomic mass is 10.0. The molecule has 114 valence electrons. The van der Waals surface area contributed by atoms with Crippen molar-refractivity contribution in [3.63, 3.8) is 0 Å². The summed E-state index contributed by atoms with van der Waals surface area (Å²) in [5, 5.41) is 9.19. The number of carboxylic acid groups (broad SMARTS) is 1. The molecule has 0 unspecified atom stereocenters. The summed E-state index contributed by atoms with van der Waals surface area (Å²) < 4.78 is 0. The Bertz CT molecular complexity index is 494. The molecule has 2 aliphatic heterocycles. The fourth-order valence-electron chi connectivity index (χ4n) is 3.61. The van der Waals surface area contributed by atoms with Crippen molar-refractivity contribution in [1.82, 2.24) is 14.7 Å². The molecule has 2 fully saturated rings. The van der Waals surface area contributed by atoms with Gasteiger partial charge in [0.25, 0.3) is 0 Å². The van der Waals surface area contributed by atoms with E-state index in [1.807, 2.05) is 6.07 Å². The number of hydrogen-bond donors (Lipinski definition) is 1. The fraction of sp³-hybridized carbons (Fsp3) is 0.562. The van der Waals surface area contributed by atoms with Gasteiger partial charge in [0.1, 0.15) is 0 Å². The van der Waals surface area contributed by atoms with Crippen LogP contribution in [0.2, 0.25) is 0 Å². The highest BCUT2D eigenvalue weighted by Crippen LogP contribution is 2.21. The molecule has 0 spiro atoms. The summed E-state index contributed by atoms with van der Waals surface area (Å²) in [4.78, 5) is 17.7. The maximum absolute atomic E-state index is 11.2. The van der Waals surface area contributed by atoms with Gasteiger partial charge in [-0.1, -0.05) is 30.3 Å². The third kappa shape index (κ3) is 3.19. The van der Waals surface area contributed by atoms with Crippen molar-refractivity contribution in [3.05, 3.63) is 35.9 Å². The average molecular weight is 289 g/mol. The maximum Gasteiger partial charge on any atom is 0.407 e. The maximum atomic E-state index is 11.2. The van der Waals surface area contributed by atoms with E-state index in [1.165, 1.54) is 5.56 Å². The van der Waals surface area contributed by atoms with Gasteiger partial charge in [-0.25, -0.2) is 4.79 Å². The van der Waals surface area contributed by atoms with Crippen LogP contribution in [-0.4, -0.2) is 70.7 Å². The van der Waals surface area contributed by atoms with Gasteiger partial charge in [0.2, 0.25) is 0 Å². The lowest BCUT2D eigenvalue weighted by Gasteiger charge is -2.50. The van der Waals surface area contributed by atoms with Gasteiger partial charge in [0.05, 0.1) is 0 Å². The van der Waals surface area contributed by atoms with Crippen molar-refractivity contribution < 1.29 is 9.90 Å². The van der Waals surface area contributed by atoms with Gasteiger partial charge in [-0.15, -0.1) is 0 Å². The van der Waals surface area contributed by atoms with Crippen LogP contribution in [0.15, 0.2) is 30.3 Å². The summed E-state index contributed by atoms with van der Waals surface area (Å²) in [7, 11) is 0. The van der Waals surface area contributed by atoms with Crippen LogP contribution in [0.4, 0.5) is 4.79 Å². The number of benzene rings is 1. The van der Waals surface area contributed by atoms with Crippen molar-refractivity contribution in [3.8, 4) is 0 Å². The number of hydrogen-bond acceptors (Lipinski definition) is 3. The minimum absolute atomic E-state index is 0.322. The van der Waals surface area contributed by atoms with Gasteiger partial charge >= 0.3 is 6.09 Å². The van der Waals surface area contributed by atoms with Gasteiger partial charge in [-0.2, -0.15) is 0 Å². The predicted octanol–water partition coefficient (Wildman–Crippen LogP) is 1.55. The van der Waals surface area contributed by atoms with Crippen LogP contribution in [0, 0.1) is 0 Å². The lowest BCUT2D eigenvalue weighted by molar-refractivity contribution is -0.0184. The highest BCUT2D eigenvalue weighted by atomic mass is 16.4. The van der Waals surface area contributed by atoms with E-state index in [-0.39, 0.29) is 0 Å². The Labute approximate surface area is 125 Å². The summed E-state index contributed by atoms with van der Waals surface area (Å²) in [5.74, 6) is 0. The first-order chi connectivity index (χ1) is 10.1. The largest absolute Gasteiger partial charge is 0.465 e. The molecule has 5 nitrogen and oxygen atoms in total. The van der Waals surface area contributed by atoms with Crippen molar-refractivity contribution in [2.75, 3.05) is 32.7 Å². The van der Waals surface area contributed by atoms with Crippen molar-refractivity contribution >= 4 is 6.09 Å². The first-order valence-electron chi connectivity index (χ1n) is 7.63. The summed E-state index contributed by atoms with van der Waals surface area (Å²) in [6.45, 7) is 7.32. The van der Waals surface area contributed by atoms with E-state index in [1.54, 1.807) is 4.90 Å². The zero-order chi connectivity index (χ0) is 14.8. The Balaban J connectivity index is 1.66. The van der Waals surface area contributed by atoms with Gasteiger partial charge < -0.3 is 10.0 Å². The molecule has 2 atom stereocenters. The minimum atomic E-state index is -0.789. The van der Waals surface area contributed by atoms with E-state index in [0.29, 0.717) is 25.2 Å². The number of nitrogens with zero attached hydrogens (tertiary/aromatic N) is 3. The summed E-state index contributed by atoms with van der Waals surface area (Å²) in [6.07, 6.45) is -0.789. The molecule has 1 aromatic carbocycles. The standard InChI is InChI=1S/C16H23N3O2/c1-13-9-17(10-14-5-3-2-4-6-14)11-15-12-18(16(20)21)7-8-19(13)15/h2-6,13,15H,7-12H2,1H3,(H,20,21)/t13-,15-/m1/s1. The summed E-state index contributed by atoms with van der Waals surface area (Å²) in [6, 6.07) is 11.3. The van der Waals surface area contributed by atoms with Crippen molar-refractivity contribution in [1.29, 1.82) is 0 Å². The van der Waals surface area contributed by atoms with E-state index in [9.17, 15) is 9.90 Å². The quantitative estimate of drug-likeness (QED) is 0.897. The molecular formula is C16H23N3O2. The summed E-state index contributed by atoms with van der Waals surface area (Å²) >= 11 is 0. The Morgan fingerprint density at radius 1 is 1.19 bits per heavy atom. The van der Waals surface area contributed by atoms with Crippen LogP contribution in [-0.2, 0) is 6.54 Å². The molecule has 0 aliphatic carbocycles. The molecule has 2 aliphatic rings. The second-order valence-corrected chi connectivity index (χ2v) is 6.15. The first-order valence-corrected chi connectivity index (χ1v) is 7.63. The van der Waals surface area contributed by atoms with Crippen LogP contribution in [0.1, 0.15) is 12.5 Å². The zero-order valence-electron chi connectivity index (χ0n) is 12.5. The van der Waals surface area contributed by atoms with Crippen molar-refractivity contribution in [2.24, 2.45) is 0 Å². The molecular weight excluding hydrogens is 266 g/mol. The van der Waals surface area contributed by atoms with E-state index in [2.05, 4.69) is 41.0 Å².